The van der Waals surface area contributed by atoms with Crippen molar-refractivity contribution in [1.29, 1.82) is 0 Å². The highest BCUT2D eigenvalue weighted by Gasteiger charge is 2.10. The van der Waals surface area contributed by atoms with Crippen LogP contribution in [0.25, 0.3) is 11.4 Å². The second-order valence-corrected chi connectivity index (χ2v) is 21.4. The molecule has 26 heteroatoms. The van der Waals surface area contributed by atoms with E-state index in [-0.39, 0.29) is 80.8 Å². The normalized spacial score (nSPS) is 10.0. The minimum Gasteiger partial charge on any atom is -0.380 e. The molecule has 492 valence electrons. The Morgan fingerprint density at radius 3 is 1.24 bits per heavy atom. The maximum atomic E-state index is 12.0. The van der Waals surface area contributed by atoms with Gasteiger partial charge in [0.2, 0.25) is 11.7 Å². The van der Waals surface area contributed by atoms with Gasteiger partial charge in [0, 0.05) is 87.5 Å². The number of benzene rings is 1. The van der Waals surface area contributed by atoms with Crippen LogP contribution in [0.15, 0.2) is 24.3 Å². The van der Waals surface area contributed by atoms with Gasteiger partial charge in [0.1, 0.15) is 54.1 Å². The first kappa shape index (κ1) is 93.8. The zero-order valence-electron chi connectivity index (χ0n) is 53.7. The Balaban J connectivity index is -0.000000183. The number of hydrogen-bond acceptors (Lipinski definition) is 22. The molecule has 0 spiro atoms. The fourth-order valence-electron chi connectivity index (χ4n) is 4.94. The van der Waals surface area contributed by atoms with Gasteiger partial charge in [0.05, 0.1) is 81.1 Å². The molecule has 0 radical (unpaired) electrons. The van der Waals surface area contributed by atoms with Gasteiger partial charge in [-0.25, -0.2) is 4.20 Å². The van der Waals surface area contributed by atoms with Crippen LogP contribution in [0.3, 0.4) is 0 Å². The number of halogens is 1. The van der Waals surface area contributed by atoms with Gasteiger partial charge >= 0.3 is 0 Å². The van der Waals surface area contributed by atoms with Gasteiger partial charge in [0.25, 0.3) is 0 Å². The van der Waals surface area contributed by atoms with Crippen LogP contribution in [0, 0.1) is 30.6 Å². The second-order valence-electron chi connectivity index (χ2n) is 18.6. The van der Waals surface area contributed by atoms with E-state index < -0.39 is 0 Å². The highest BCUT2D eigenvalue weighted by molar-refractivity contribution is 8.09. The Bertz CT molecular complexity index is 1890. The number of ether oxygens (including phenoxy) is 5. The van der Waals surface area contributed by atoms with Crippen molar-refractivity contribution in [3.05, 3.63) is 35.7 Å². The van der Waals surface area contributed by atoms with Crippen LogP contribution < -0.4 is 22.5 Å². The van der Waals surface area contributed by atoms with Gasteiger partial charge in [-0.05, 0) is 46.3 Å². The zero-order chi connectivity index (χ0) is 66.5. The van der Waals surface area contributed by atoms with Gasteiger partial charge in [-0.1, -0.05) is 108 Å². The van der Waals surface area contributed by atoms with Crippen LogP contribution in [0.1, 0.15) is 146 Å². The molecule has 0 fully saturated rings. The molecule has 85 heavy (non-hydrogen) atoms. The summed E-state index contributed by atoms with van der Waals surface area (Å²) in [6, 6.07) is 7.38. The van der Waals surface area contributed by atoms with E-state index in [0.717, 1.165) is 36.5 Å². The number of hydrogen-bond donors (Lipinski definition) is 4. The number of nitrogens with zero attached hydrogens (tertiary/aromatic N) is 4. The Labute approximate surface area is 511 Å². The van der Waals surface area contributed by atoms with Crippen LogP contribution in [-0.2, 0) is 78.1 Å². The summed E-state index contributed by atoms with van der Waals surface area (Å²) in [6.45, 7) is 31.3. The van der Waals surface area contributed by atoms with Crippen molar-refractivity contribution in [2.75, 3.05) is 98.9 Å². The molecule has 1 amide bonds. The van der Waals surface area contributed by atoms with Crippen LogP contribution in [0.2, 0.25) is 0 Å². The van der Waals surface area contributed by atoms with E-state index in [4.69, 9.17) is 48.6 Å². The van der Waals surface area contributed by atoms with Crippen LogP contribution in [0.5, 0.6) is 0 Å². The molecule has 23 nitrogen and oxygen atoms in total. The number of amides is 1. The zero-order valence-corrected chi connectivity index (χ0v) is 55.7. The highest BCUT2D eigenvalue weighted by Crippen LogP contribution is 2.33. The topological polar surface area (TPSA) is 358 Å². The lowest BCUT2D eigenvalue weighted by molar-refractivity contribution is -0.124. The molecular weight excluding hydrogens is 1140 g/mol. The highest BCUT2D eigenvalue weighted by atomic mass is 32.0. The monoisotopic (exact) mass is 1250 g/mol. The Morgan fingerprint density at radius 2 is 0.906 bits per heavy atom. The van der Waals surface area contributed by atoms with Crippen LogP contribution in [0.4, 0.5) is 4.20 Å². The summed E-state index contributed by atoms with van der Waals surface area (Å²) >= 11 is 0. The average Bonchev–Trinajstić information content (AvgIpc) is 3.62. The van der Waals surface area contributed by atoms with E-state index >= 15 is 0 Å². The molecular formula is C59H109FN8O15P2. The Kier molecular flexibility index (Phi) is 83.0. The number of carbonyl (C=O) groups excluding carboxylic acids is 10. The van der Waals surface area contributed by atoms with Gasteiger partial charge in [0.15, 0.2) is 5.82 Å². The molecule has 0 bridgehead atoms. The van der Waals surface area contributed by atoms with E-state index in [2.05, 4.69) is 44.1 Å². The first-order valence-electron chi connectivity index (χ1n) is 28.6. The lowest BCUT2D eigenvalue weighted by Crippen LogP contribution is -2.28. The molecule has 7 N–H and O–H groups in total. The minimum atomic E-state index is -0.332. The summed E-state index contributed by atoms with van der Waals surface area (Å²) in [4.78, 5) is 103. The molecule has 0 aliphatic rings. The molecule has 2 atom stereocenters. The molecule has 1 heterocycles. The largest absolute Gasteiger partial charge is 0.380 e. The lowest BCUT2D eigenvalue weighted by atomic mass is 10.0. The summed E-state index contributed by atoms with van der Waals surface area (Å²) in [7, 11) is 0.170. The van der Waals surface area contributed by atoms with Gasteiger partial charge in [-0.3, -0.25) is 28.8 Å². The predicted octanol–water partition coefficient (Wildman–Crippen LogP) is 7.00. The van der Waals surface area contributed by atoms with E-state index in [9.17, 15) is 33.0 Å². The van der Waals surface area contributed by atoms with E-state index in [1.54, 1.807) is 13.8 Å². The van der Waals surface area contributed by atoms with Crippen molar-refractivity contribution in [1.82, 2.24) is 25.7 Å². The van der Waals surface area contributed by atoms with Crippen LogP contribution >= 0.6 is 16.8 Å². The number of unbranched alkanes of at least 4 members (excludes halogenated alkanes) is 2. The first-order valence-corrected chi connectivity index (χ1v) is 32.0. The molecule has 2 aromatic rings. The molecule has 0 saturated carbocycles. The summed E-state index contributed by atoms with van der Waals surface area (Å²) in [6.07, 6.45) is 9.17. The third-order valence-electron chi connectivity index (χ3n) is 9.70. The lowest BCUT2D eigenvalue weighted by Gasteiger charge is -2.08. The summed E-state index contributed by atoms with van der Waals surface area (Å²) in [5.74, 6) is 2.54. The number of nitrogens with one attached hydrogen (secondary N) is 1. The van der Waals surface area contributed by atoms with Crippen molar-refractivity contribution in [3.63, 3.8) is 0 Å². The van der Waals surface area contributed by atoms with Crippen molar-refractivity contribution in [2.24, 2.45) is 40.9 Å². The second kappa shape index (κ2) is 75.2. The summed E-state index contributed by atoms with van der Waals surface area (Å²) in [5, 5.41) is 18.5. The molecule has 2 unspecified atom stereocenters. The maximum absolute atomic E-state index is 12.0. The number of nitrogens with two attached hydrogens (primary N) is 3. The number of ketones is 5. The molecule has 0 aliphatic heterocycles. The van der Waals surface area contributed by atoms with Crippen molar-refractivity contribution < 1.29 is 75.8 Å². The number of aldehydes is 4. The van der Waals surface area contributed by atoms with Crippen molar-refractivity contribution >= 4 is 76.8 Å². The number of carbonyl (C=O) groups is 10. The van der Waals surface area contributed by atoms with Gasteiger partial charge in [-0.2, -0.15) is 0 Å². The third-order valence-corrected chi connectivity index (χ3v) is 10.5. The fourth-order valence-corrected chi connectivity index (χ4v) is 4.94. The molecule has 1 aromatic heterocycles. The predicted molar refractivity (Wildman–Crippen MR) is 338 cm³/mol. The third kappa shape index (κ3) is 81.2. The smallest absolute Gasteiger partial charge is 0.224 e. The molecule has 1 aromatic carbocycles. The number of aromatic nitrogens is 4. The van der Waals surface area contributed by atoms with Crippen molar-refractivity contribution in [2.45, 2.75) is 148 Å². The van der Waals surface area contributed by atoms with Crippen molar-refractivity contribution in [3.8, 4) is 11.4 Å². The average molecular weight is 1250 g/mol. The van der Waals surface area contributed by atoms with E-state index in [1.807, 2.05) is 86.3 Å². The number of Topliss-reactive ketones (excluding diaryl/α,β-unsaturated/α-hetero) is 5. The van der Waals surface area contributed by atoms with E-state index in [1.165, 1.54) is 26.7 Å². The molecule has 2 rings (SSSR count). The summed E-state index contributed by atoms with van der Waals surface area (Å²) < 4.78 is 36.9. The Morgan fingerprint density at radius 1 is 0.565 bits per heavy atom. The molecule has 0 saturated heterocycles. The number of rotatable bonds is 37. The number of aryl methyl sites for hydroxylation is 1. The quantitative estimate of drug-likeness (QED) is 0.0300. The minimum absolute atomic E-state index is 0.0322. The Hall–Kier alpha value is -4.87. The summed E-state index contributed by atoms with van der Waals surface area (Å²) in [5.41, 5.74) is 16.2. The van der Waals surface area contributed by atoms with Crippen LogP contribution in [-0.4, -0.2) is 179 Å². The molecule has 0 aliphatic carbocycles. The van der Waals surface area contributed by atoms with Gasteiger partial charge in [-0.15, -0.1) is 20.4 Å². The maximum Gasteiger partial charge on any atom is 0.224 e. The first-order chi connectivity index (χ1) is 40.4. The standard InChI is InChI=1S/C19H25N5O3.C14H26O5.C9H18O.C8H17NO2.2C2H5NO.2C2H4O.CH5FP2/c1-13(2)17(25)8-10-27-11-9-20-18(26)12-15-4-6-16(7-5-15)19-23-21-14(3)22-24-19;1-12(2)14(16)5-7-18-9-11-19-10-8-17-6-4-13(3)15;1-4-5-6-7-9(10)8(2)3;1-7(2)8(10)3-5-11-6-4-9;2*3-1-2-4;2*1-2-3;1-3-4-2/h4-7,13H,8-12H2,1-3H3,(H,20,26);12H,4-11H2,1-3H3;8H,4-7H2,1-3H3;7H,3-6,9H2,1-2H3;2*2H,1,3H2;2*2H,1H3;3-4H,1H3. The van der Waals surface area contributed by atoms with E-state index in [0.29, 0.717) is 143 Å². The fraction of sp³-hybridized carbons (Fsp3) is 0.695. The van der Waals surface area contributed by atoms with Gasteiger partial charge < -0.3 is 65.4 Å². The SMILES string of the molecule is CC(=O)CCOCCOCCOCCC(=O)C(C)C.CC(C)C(=O)CCOCCN.CC=O.CC=O.CCCCCC(=O)C(C)C.CPPF.Cc1nnc(-c2ccc(CC(=O)NCCOCCC(=O)C(C)C)cc2)nn1.NCC=O.NCC=O.